The van der Waals surface area contributed by atoms with Crippen molar-refractivity contribution in [3.05, 3.63) is 34.9 Å². The molecular formula is C24H34O5. The zero-order valence-corrected chi connectivity index (χ0v) is 18.6. The van der Waals surface area contributed by atoms with Gasteiger partial charge in [0.25, 0.3) is 0 Å². The van der Waals surface area contributed by atoms with Gasteiger partial charge >= 0.3 is 0 Å². The fourth-order valence-corrected chi connectivity index (χ4v) is 5.93. The van der Waals surface area contributed by atoms with Gasteiger partial charge < -0.3 is 14.9 Å². The molecule has 0 amide bonds. The summed E-state index contributed by atoms with van der Waals surface area (Å²) in [6, 6.07) is 4.00. The first-order valence-electron chi connectivity index (χ1n) is 10.6. The van der Waals surface area contributed by atoms with E-state index in [-0.39, 0.29) is 11.8 Å². The van der Waals surface area contributed by atoms with Crippen LogP contribution in [-0.2, 0) is 15.4 Å². The minimum atomic E-state index is -1.13. The number of aliphatic hydroxyl groups is 2. The van der Waals surface area contributed by atoms with Gasteiger partial charge in [0.05, 0.1) is 24.2 Å². The molecule has 0 radical (unpaired) electrons. The van der Waals surface area contributed by atoms with Gasteiger partial charge in [-0.1, -0.05) is 39.0 Å². The maximum absolute atomic E-state index is 12.1. The highest BCUT2D eigenvalue weighted by Gasteiger charge is 2.71. The molecule has 2 aliphatic carbocycles. The molecule has 5 nitrogen and oxygen atoms in total. The molecule has 1 aromatic carbocycles. The third kappa shape index (κ3) is 2.42. The van der Waals surface area contributed by atoms with Crippen molar-refractivity contribution in [2.75, 3.05) is 7.11 Å². The fourth-order valence-electron chi connectivity index (χ4n) is 5.93. The van der Waals surface area contributed by atoms with Gasteiger partial charge in [-0.15, -0.1) is 0 Å². The highest BCUT2D eigenvalue weighted by atomic mass is 17.2. The van der Waals surface area contributed by atoms with Crippen LogP contribution in [0.1, 0.15) is 64.2 Å². The van der Waals surface area contributed by atoms with E-state index in [1.165, 1.54) is 0 Å². The van der Waals surface area contributed by atoms with Crippen molar-refractivity contribution in [3.8, 4) is 5.75 Å². The molecule has 1 aromatic rings. The number of methoxy groups -OCH3 is 1. The summed E-state index contributed by atoms with van der Waals surface area (Å²) in [7, 11) is 1.67. The number of ether oxygens (including phenoxy) is 1. The monoisotopic (exact) mass is 402 g/mol. The van der Waals surface area contributed by atoms with E-state index in [0.29, 0.717) is 12.8 Å². The van der Waals surface area contributed by atoms with Crippen LogP contribution in [-0.4, -0.2) is 34.6 Å². The van der Waals surface area contributed by atoms with E-state index in [0.717, 1.165) is 22.4 Å². The predicted molar refractivity (Wildman–Crippen MR) is 111 cm³/mol. The van der Waals surface area contributed by atoms with Crippen LogP contribution in [0.4, 0.5) is 0 Å². The molecule has 0 spiro atoms. The number of rotatable bonds is 1. The van der Waals surface area contributed by atoms with Gasteiger partial charge in [-0.2, -0.15) is 0 Å². The first-order chi connectivity index (χ1) is 13.4. The van der Waals surface area contributed by atoms with Crippen molar-refractivity contribution < 1.29 is 24.7 Å². The molecule has 0 aromatic heterocycles. The minimum absolute atomic E-state index is 0.219. The summed E-state index contributed by atoms with van der Waals surface area (Å²) in [6.45, 7) is 11.8. The van der Waals surface area contributed by atoms with Crippen LogP contribution in [0.2, 0.25) is 0 Å². The smallest absolute Gasteiger partial charge is 0.141 e. The Bertz CT molecular complexity index is 861. The summed E-state index contributed by atoms with van der Waals surface area (Å²) >= 11 is 0. The Morgan fingerprint density at radius 1 is 1.07 bits per heavy atom. The summed E-state index contributed by atoms with van der Waals surface area (Å²) in [5.41, 5.74) is -0.360. The molecule has 2 N–H and O–H groups in total. The number of hydrogen-bond acceptors (Lipinski definition) is 5. The first-order valence-corrected chi connectivity index (χ1v) is 10.6. The van der Waals surface area contributed by atoms with Gasteiger partial charge in [0.2, 0.25) is 0 Å². The molecule has 29 heavy (non-hydrogen) atoms. The second kappa shape index (κ2) is 6.30. The lowest BCUT2D eigenvalue weighted by Gasteiger charge is -2.51. The van der Waals surface area contributed by atoms with Crippen LogP contribution in [0.5, 0.6) is 5.75 Å². The second-order valence-corrected chi connectivity index (χ2v) is 9.98. The van der Waals surface area contributed by atoms with Crippen LogP contribution in [0, 0.1) is 24.2 Å². The van der Waals surface area contributed by atoms with Crippen molar-refractivity contribution in [2.45, 2.75) is 77.3 Å². The molecular weight excluding hydrogens is 368 g/mol. The lowest BCUT2D eigenvalue weighted by atomic mass is 9.58. The van der Waals surface area contributed by atoms with Crippen LogP contribution in [0.3, 0.4) is 0 Å². The van der Waals surface area contributed by atoms with Gasteiger partial charge in [-0.25, -0.2) is 9.78 Å². The van der Waals surface area contributed by atoms with Gasteiger partial charge in [0.15, 0.2) is 0 Å². The topological polar surface area (TPSA) is 68.2 Å². The summed E-state index contributed by atoms with van der Waals surface area (Å²) in [5, 5.41) is 23.2. The average molecular weight is 403 g/mol. The second-order valence-electron chi connectivity index (χ2n) is 9.98. The SMILES string of the molecule is COc1ccc2c(c1C)C=CC1(C)C23CCC1(O)C(C)C(O)C(C)C(C)(C)OO3. The van der Waals surface area contributed by atoms with E-state index in [1.807, 2.05) is 53.7 Å². The molecule has 6 unspecified atom stereocenters. The van der Waals surface area contributed by atoms with E-state index in [2.05, 4.69) is 12.2 Å². The Balaban J connectivity index is 1.98. The molecule has 1 saturated carbocycles. The molecule has 1 heterocycles. The van der Waals surface area contributed by atoms with Gasteiger partial charge in [-0.3, -0.25) is 0 Å². The van der Waals surface area contributed by atoms with Crippen LogP contribution >= 0.6 is 0 Å². The van der Waals surface area contributed by atoms with Crippen molar-refractivity contribution in [2.24, 2.45) is 17.3 Å². The molecule has 5 heteroatoms. The number of fused-ring (bicyclic) bond motifs is 1. The molecule has 2 fully saturated rings. The van der Waals surface area contributed by atoms with E-state index in [1.54, 1.807) is 7.11 Å². The van der Waals surface area contributed by atoms with Crippen molar-refractivity contribution in [3.63, 3.8) is 0 Å². The Kier molecular flexibility index (Phi) is 4.53. The Hall–Kier alpha value is -1.40. The summed E-state index contributed by atoms with van der Waals surface area (Å²) in [5.74, 6) is 0.256. The highest BCUT2D eigenvalue weighted by molar-refractivity contribution is 5.68. The van der Waals surface area contributed by atoms with Crippen LogP contribution in [0.25, 0.3) is 6.08 Å². The normalized spacial score (nSPS) is 43.0. The maximum Gasteiger partial charge on any atom is 0.141 e. The quantitative estimate of drug-likeness (QED) is 0.692. The van der Waals surface area contributed by atoms with E-state index >= 15 is 0 Å². The maximum atomic E-state index is 12.1. The highest BCUT2D eigenvalue weighted by Crippen LogP contribution is 2.67. The summed E-state index contributed by atoms with van der Waals surface area (Å²) in [4.78, 5) is 12.5. The fraction of sp³-hybridized carbons (Fsp3) is 0.667. The van der Waals surface area contributed by atoms with E-state index in [4.69, 9.17) is 14.5 Å². The Labute approximate surface area is 173 Å². The number of benzene rings is 1. The van der Waals surface area contributed by atoms with E-state index < -0.39 is 28.3 Å². The average Bonchev–Trinajstić information content (AvgIpc) is 2.94. The predicted octanol–water partition coefficient (Wildman–Crippen LogP) is 4.13. The lowest BCUT2D eigenvalue weighted by Crippen LogP contribution is -2.58. The van der Waals surface area contributed by atoms with Gasteiger partial charge in [0, 0.05) is 11.8 Å². The standard InChI is InChI=1S/C24H34O5/c1-14-17-10-11-22(6)23(26)12-13-24(22,18(17)8-9-19(14)27-7)29-28-21(4,5)15(2)20(25)16(23)3/h8-11,15-16,20,25-26H,12-13H2,1-7H3. The first kappa shape index (κ1) is 20.9. The van der Waals surface area contributed by atoms with Crippen molar-refractivity contribution >= 4 is 6.08 Å². The summed E-state index contributed by atoms with van der Waals surface area (Å²) < 4.78 is 5.52. The minimum Gasteiger partial charge on any atom is -0.496 e. The molecule has 3 aliphatic rings. The number of hydrogen-bond donors (Lipinski definition) is 2. The molecule has 6 atom stereocenters. The molecule has 1 aliphatic heterocycles. The third-order valence-corrected chi connectivity index (χ3v) is 8.57. The van der Waals surface area contributed by atoms with Gasteiger partial charge in [-0.05, 0) is 56.4 Å². The third-order valence-electron chi connectivity index (χ3n) is 8.57. The van der Waals surface area contributed by atoms with Gasteiger partial charge in [0.1, 0.15) is 17.0 Å². The molecule has 2 bridgehead atoms. The number of aliphatic hydroxyl groups excluding tert-OH is 1. The Morgan fingerprint density at radius 3 is 2.41 bits per heavy atom. The lowest BCUT2D eigenvalue weighted by molar-refractivity contribution is -0.435. The van der Waals surface area contributed by atoms with E-state index in [9.17, 15) is 10.2 Å². The Morgan fingerprint density at radius 2 is 1.76 bits per heavy atom. The molecule has 4 rings (SSSR count). The zero-order valence-electron chi connectivity index (χ0n) is 18.6. The van der Waals surface area contributed by atoms with Crippen LogP contribution in [0.15, 0.2) is 18.2 Å². The zero-order chi connectivity index (χ0) is 21.4. The largest absolute Gasteiger partial charge is 0.496 e. The molecule has 160 valence electrons. The van der Waals surface area contributed by atoms with Crippen molar-refractivity contribution in [1.29, 1.82) is 0 Å². The van der Waals surface area contributed by atoms with Crippen LogP contribution < -0.4 is 4.74 Å². The molecule has 1 saturated heterocycles. The van der Waals surface area contributed by atoms with Crippen molar-refractivity contribution in [1.82, 2.24) is 0 Å². The summed E-state index contributed by atoms with van der Waals surface area (Å²) in [6.07, 6.45) is 4.52.